The Hall–Kier alpha value is -0.850. The van der Waals surface area contributed by atoms with E-state index in [1.54, 1.807) is 0 Å². The lowest BCUT2D eigenvalue weighted by Crippen LogP contribution is -2.27. The molecule has 2 aromatic rings. The van der Waals surface area contributed by atoms with Gasteiger partial charge in [0.05, 0.1) is 0 Å². The number of halogens is 3. The summed E-state index contributed by atoms with van der Waals surface area (Å²) in [6.45, 7) is 0. The third-order valence-electron chi connectivity index (χ3n) is 2.72. The van der Waals surface area contributed by atoms with Crippen molar-refractivity contribution in [3.63, 3.8) is 0 Å². The molecule has 0 heterocycles. The fourth-order valence-corrected chi connectivity index (χ4v) is 2.63. The lowest BCUT2D eigenvalue weighted by Gasteiger charge is -2.18. The minimum Gasteiger partial charge on any atom is -0.370 e. The number of benzene rings is 2. The quantitative estimate of drug-likeness (QED) is 0.697. The summed E-state index contributed by atoms with van der Waals surface area (Å²) < 4.78 is 2.78. The predicted molar refractivity (Wildman–Crippen MR) is 91.5 cm³/mol. The van der Waals surface area contributed by atoms with Crippen molar-refractivity contribution in [2.45, 2.75) is 6.04 Å². The van der Waals surface area contributed by atoms with Crippen molar-refractivity contribution in [3.05, 3.63) is 61.4 Å². The van der Waals surface area contributed by atoms with Crippen LogP contribution in [-0.2, 0) is 4.79 Å². The highest BCUT2D eigenvalue weighted by Gasteiger charge is 2.18. The summed E-state index contributed by atoms with van der Waals surface area (Å²) in [5, 5.41) is 3.14. The molecule has 0 saturated heterocycles. The van der Waals surface area contributed by atoms with Gasteiger partial charge in [-0.15, -0.1) is 0 Å². The van der Waals surface area contributed by atoms with Gasteiger partial charge in [0.15, 0.2) is 0 Å². The molecule has 104 valence electrons. The smallest absolute Gasteiger partial charge is 0.244 e. The molecule has 2 aromatic carbocycles. The fraction of sp³-hybridized carbons (Fsp3) is 0.0714. The first-order chi connectivity index (χ1) is 9.47. The Balaban J connectivity index is 2.29. The second-order valence-corrected chi connectivity index (χ2v) is 6.78. The zero-order valence-corrected chi connectivity index (χ0v) is 15.0. The van der Waals surface area contributed by atoms with Crippen LogP contribution in [-0.4, -0.2) is 5.91 Å². The zero-order chi connectivity index (χ0) is 14.7. The van der Waals surface area contributed by atoms with Crippen LogP contribution in [0.5, 0.6) is 0 Å². The molecule has 6 heteroatoms. The van der Waals surface area contributed by atoms with Crippen LogP contribution in [0.1, 0.15) is 11.6 Å². The summed E-state index contributed by atoms with van der Waals surface area (Å²) in [4.78, 5) is 11.7. The summed E-state index contributed by atoms with van der Waals surface area (Å²) in [6.07, 6.45) is 0. The number of anilines is 1. The first-order valence-electron chi connectivity index (χ1n) is 5.74. The Kier molecular flexibility index (Phi) is 5.23. The van der Waals surface area contributed by atoms with Gasteiger partial charge in [-0.25, -0.2) is 0 Å². The van der Waals surface area contributed by atoms with Gasteiger partial charge in [-0.3, -0.25) is 4.79 Å². The Bertz CT molecular complexity index is 629. The standard InChI is InChI=1S/C14H11Br3N2O/c15-9-2-4-10(5-3-9)19-13(14(18)20)8-1-6-11(16)12(17)7-8/h1-7,13,19H,(H2,18,20). The number of amides is 1. The average molecular weight is 463 g/mol. The molecule has 3 nitrogen and oxygen atoms in total. The summed E-state index contributed by atoms with van der Waals surface area (Å²) in [5.41, 5.74) is 7.13. The van der Waals surface area contributed by atoms with Crippen molar-refractivity contribution in [1.82, 2.24) is 0 Å². The number of hydrogen-bond acceptors (Lipinski definition) is 2. The van der Waals surface area contributed by atoms with E-state index in [-0.39, 0.29) is 0 Å². The third-order valence-corrected chi connectivity index (χ3v) is 5.13. The summed E-state index contributed by atoms with van der Waals surface area (Å²) in [6, 6.07) is 12.6. The Morgan fingerprint density at radius 2 is 1.65 bits per heavy atom. The van der Waals surface area contributed by atoms with Crippen LogP contribution in [0.15, 0.2) is 55.9 Å². The SMILES string of the molecule is NC(=O)C(Nc1ccc(Br)cc1)c1ccc(Br)c(Br)c1. The maximum absolute atomic E-state index is 11.7. The highest BCUT2D eigenvalue weighted by atomic mass is 79.9. The predicted octanol–water partition coefficient (Wildman–Crippen LogP) is 4.61. The molecule has 1 amide bonds. The maximum atomic E-state index is 11.7. The lowest BCUT2D eigenvalue weighted by atomic mass is 10.1. The highest BCUT2D eigenvalue weighted by Crippen LogP contribution is 2.28. The van der Waals surface area contributed by atoms with E-state index < -0.39 is 11.9 Å². The largest absolute Gasteiger partial charge is 0.370 e. The molecule has 1 atom stereocenters. The summed E-state index contributed by atoms with van der Waals surface area (Å²) in [5.74, 6) is -0.429. The number of rotatable bonds is 4. The van der Waals surface area contributed by atoms with E-state index in [0.717, 1.165) is 24.7 Å². The van der Waals surface area contributed by atoms with Gasteiger partial charge in [0.2, 0.25) is 5.91 Å². The number of carbonyl (C=O) groups excluding carboxylic acids is 1. The van der Waals surface area contributed by atoms with E-state index in [1.807, 2.05) is 42.5 Å². The second kappa shape index (κ2) is 6.74. The van der Waals surface area contributed by atoms with Crippen LogP contribution in [0.2, 0.25) is 0 Å². The van der Waals surface area contributed by atoms with Crippen molar-refractivity contribution in [3.8, 4) is 0 Å². The minimum atomic E-state index is -0.583. The molecule has 20 heavy (non-hydrogen) atoms. The van der Waals surface area contributed by atoms with Gasteiger partial charge in [-0.2, -0.15) is 0 Å². The van der Waals surface area contributed by atoms with Gasteiger partial charge in [-0.1, -0.05) is 22.0 Å². The Morgan fingerprint density at radius 1 is 1.00 bits per heavy atom. The van der Waals surface area contributed by atoms with Crippen molar-refractivity contribution < 1.29 is 4.79 Å². The van der Waals surface area contributed by atoms with Gasteiger partial charge in [-0.05, 0) is 73.8 Å². The Morgan fingerprint density at radius 3 is 2.20 bits per heavy atom. The molecule has 0 saturated carbocycles. The monoisotopic (exact) mass is 460 g/mol. The lowest BCUT2D eigenvalue weighted by molar-refractivity contribution is -0.118. The number of hydrogen-bond donors (Lipinski definition) is 2. The van der Waals surface area contributed by atoms with E-state index in [4.69, 9.17) is 5.73 Å². The Labute approximate surface area is 142 Å². The zero-order valence-electron chi connectivity index (χ0n) is 10.2. The van der Waals surface area contributed by atoms with Gasteiger partial charge in [0, 0.05) is 19.1 Å². The topological polar surface area (TPSA) is 55.1 Å². The van der Waals surface area contributed by atoms with Crippen molar-refractivity contribution in [2.24, 2.45) is 5.73 Å². The average Bonchev–Trinajstić information content (AvgIpc) is 2.41. The van der Waals surface area contributed by atoms with Crippen LogP contribution in [0.4, 0.5) is 5.69 Å². The van der Waals surface area contributed by atoms with Crippen LogP contribution in [0.25, 0.3) is 0 Å². The number of primary amides is 1. The van der Waals surface area contributed by atoms with E-state index in [1.165, 1.54) is 0 Å². The molecular weight excluding hydrogens is 452 g/mol. The van der Waals surface area contributed by atoms with Gasteiger partial charge >= 0.3 is 0 Å². The van der Waals surface area contributed by atoms with Crippen LogP contribution >= 0.6 is 47.8 Å². The van der Waals surface area contributed by atoms with Gasteiger partial charge in [0.1, 0.15) is 6.04 Å². The molecule has 0 spiro atoms. The molecule has 0 radical (unpaired) electrons. The number of carbonyl (C=O) groups is 1. The molecule has 0 aliphatic carbocycles. The number of nitrogens with one attached hydrogen (secondary N) is 1. The highest BCUT2D eigenvalue weighted by molar-refractivity contribution is 9.13. The molecule has 0 aliphatic heterocycles. The molecule has 0 aliphatic rings. The maximum Gasteiger partial charge on any atom is 0.244 e. The van der Waals surface area contributed by atoms with Crippen LogP contribution < -0.4 is 11.1 Å². The molecular formula is C14H11Br3N2O. The van der Waals surface area contributed by atoms with Crippen molar-refractivity contribution in [2.75, 3.05) is 5.32 Å². The van der Waals surface area contributed by atoms with Crippen molar-refractivity contribution >= 4 is 59.4 Å². The molecule has 0 fully saturated rings. The summed E-state index contributed by atoms with van der Waals surface area (Å²) in [7, 11) is 0. The molecule has 1 unspecified atom stereocenters. The third kappa shape index (κ3) is 3.84. The minimum absolute atomic E-state index is 0.429. The first-order valence-corrected chi connectivity index (χ1v) is 8.11. The second-order valence-electron chi connectivity index (χ2n) is 4.16. The van der Waals surface area contributed by atoms with Crippen LogP contribution in [0, 0.1) is 0 Å². The van der Waals surface area contributed by atoms with Crippen molar-refractivity contribution in [1.29, 1.82) is 0 Å². The number of nitrogens with two attached hydrogens (primary N) is 1. The van der Waals surface area contributed by atoms with E-state index in [9.17, 15) is 4.79 Å². The van der Waals surface area contributed by atoms with Gasteiger partial charge in [0.25, 0.3) is 0 Å². The van der Waals surface area contributed by atoms with E-state index >= 15 is 0 Å². The molecule has 0 aromatic heterocycles. The summed E-state index contributed by atoms with van der Waals surface area (Å²) >= 11 is 10.2. The van der Waals surface area contributed by atoms with Crippen LogP contribution in [0.3, 0.4) is 0 Å². The first kappa shape index (κ1) is 15.5. The fourth-order valence-electron chi connectivity index (χ4n) is 1.72. The van der Waals surface area contributed by atoms with E-state index in [0.29, 0.717) is 0 Å². The molecule has 3 N–H and O–H groups in total. The normalized spacial score (nSPS) is 11.9. The van der Waals surface area contributed by atoms with Gasteiger partial charge < -0.3 is 11.1 Å². The molecule has 0 bridgehead atoms. The van der Waals surface area contributed by atoms with E-state index in [2.05, 4.69) is 53.1 Å². The molecule has 2 rings (SSSR count).